The van der Waals surface area contributed by atoms with E-state index in [4.69, 9.17) is 4.74 Å². The molecule has 1 atom stereocenters. The monoisotopic (exact) mass is 304 g/mol. The topological polar surface area (TPSA) is 82.7 Å². The van der Waals surface area contributed by atoms with Crippen molar-refractivity contribution in [3.63, 3.8) is 0 Å². The summed E-state index contributed by atoms with van der Waals surface area (Å²) in [5.74, 6) is -0.125. The van der Waals surface area contributed by atoms with E-state index in [1.165, 1.54) is 0 Å². The minimum Gasteiger partial charge on any atom is -0.378 e. The molecule has 0 spiro atoms. The van der Waals surface area contributed by atoms with Crippen molar-refractivity contribution < 1.29 is 14.3 Å². The Bertz CT molecular complexity index is 557. The number of urea groups is 1. The van der Waals surface area contributed by atoms with E-state index in [0.717, 1.165) is 12.1 Å². The van der Waals surface area contributed by atoms with Crippen LogP contribution in [0.4, 0.5) is 16.2 Å². The lowest BCUT2D eigenvalue weighted by atomic mass is 10.2. The summed E-state index contributed by atoms with van der Waals surface area (Å²) in [6, 6.07) is 6.88. The highest BCUT2D eigenvalue weighted by molar-refractivity contribution is 5.97. The van der Waals surface area contributed by atoms with Crippen molar-refractivity contribution >= 4 is 23.3 Å². The lowest BCUT2D eigenvalue weighted by Crippen LogP contribution is -2.49. The molecule has 7 nitrogen and oxygen atoms in total. The molecule has 3 amide bonds. The smallest absolute Gasteiger partial charge is 0.321 e. The van der Waals surface area contributed by atoms with E-state index in [1.54, 1.807) is 4.90 Å². The SMILES string of the molecule is O=C(Nc1cccc(N2CCCNC2=O)c1)C1COCCN1. The van der Waals surface area contributed by atoms with Crippen molar-refractivity contribution in [2.24, 2.45) is 0 Å². The van der Waals surface area contributed by atoms with E-state index in [-0.39, 0.29) is 18.0 Å². The number of anilines is 2. The van der Waals surface area contributed by atoms with Gasteiger partial charge in [0.1, 0.15) is 6.04 Å². The highest BCUT2D eigenvalue weighted by Crippen LogP contribution is 2.21. The Kier molecular flexibility index (Phi) is 4.55. The second-order valence-corrected chi connectivity index (χ2v) is 5.36. The van der Waals surface area contributed by atoms with Crippen LogP contribution in [-0.4, -0.2) is 50.8 Å². The first-order valence-electron chi connectivity index (χ1n) is 7.51. The summed E-state index contributed by atoms with van der Waals surface area (Å²) in [5.41, 5.74) is 1.45. The first-order chi connectivity index (χ1) is 10.7. The molecule has 2 heterocycles. The van der Waals surface area contributed by atoms with Crippen molar-refractivity contribution in [1.82, 2.24) is 10.6 Å². The van der Waals surface area contributed by atoms with Gasteiger partial charge in [-0.15, -0.1) is 0 Å². The van der Waals surface area contributed by atoms with Gasteiger partial charge in [-0.25, -0.2) is 4.79 Å². The van der Waals surface area contributed by atoms with Gasteiger partial charge in [0.2, 0.25) is 5.91 Å². The van der Waals surface area contributed by atoms with E-state index in [0.29, 0.717) is 38.5 Å². The molecule has 0 saturated carbocycles. The summed E-state index contributed by atoms with van der Waals surface area (Å²) < 4.78 is 5.29. The van der Waals surface area contributed by atoms with Gasteiger partial charge in [-0.05, 0) is 24.6 Å². The molecule has 2 saturated heterocycles. The zero-order valence-electron chi connectivity index (χ0n) is 12.3. The van der Waals surface area contributed by atoms with Crippen molar-refractivity contribution in [2.45, 2.75) is 12.5 Å². The average molecular weight is 304 g/mol. The summed E-state index contributed by atoms with van der Waals surface area (Å²) in [7, 11) is 0. The van der Waals surface area contributed by atoms with Crippen LogP contribution < -0.4 is 20.9 Å². The number of hydrogen-bond acceptors (Lipinski definition) is 4. The number of rotatable bonds is 3. The van der Waals surface area contributed by atoms with Gasteiger partial charge in [0.25, 0.3) is 0 Å². The van der Waals surface area contributed by atoms with Crippen LogP contribution in [-0.2, 0) is 9.53 Å². The molecule has 118 valence electrons. The Morgan fingerprint density at radius 3 is 3.05 bits per heavy atom. The van der Waals surface area contributed by atoms with Gasteiger partial charge < -0.3 is 20.7 Å². The largest absolute Gasteiger partial charge is 0.378 e. The summed E-state index contributed by atoms with van der Waals surface area (Å²) in [5, 5.41) is 8.79. The van der Waals surface area contributed by atoms with Crippen molar-refractivity contribution in [3.8, 4) is 0 Å². The molecule has 7 heteroatoms. The molecule has 1 aromatic carbocycles. The number of carbonyl (C=O) groups excluding carboxylic acids is 2. The van der Waals surface area contributed by atoms with Crippen LogP contribution in [0.25, 0.3) is 0 Å². The fourth-order valence-corrected chi connectivity index (χ4v) is 2.59. The Labute approximate surface area is 129 Å². The number of nitrogens with zero attached hydrogens (tertiary/aromatic N) is 1. The van der Waals surface area contributed by atoms with Gasteiger partial charge in [0.15, 0.2) is 0 Å². The van der Waals surface area contributed by atoms with Crippen LogP contribution in [0, 0.1) is 0 Å². The number of amides is 3. The van der Waals surface area contributed by atoms with E-state index < -0.39 is 0 Å². The summed E-state index contributed by atoms with van der Waals surface area (Å²) in [6.07, 6.45) is 0.908. The zero-order chi connectivity index (χ0) is 15.4. The number of nitrogens with one attached hydrogen (secondary N) is 3. The molecule has 0 bridgehead atoms. The quantitative estimate of drug-likeness (QED) is 0.761. The van der Waals surface area contributed by atoms with E-state index in [9.17, 15) is 9.59 Å². The van der Waals surface area contributed by atoms with Gasteiger partial charge in [-0.3, -0.25) is 9.69 Å². The van der Waals surface area contributed by atoms with Crippen LogP contribution in [0.2, 0.25) is 0 Å². The maximum Gasteiger partial charge on any atom is 0.321 e. The van der Waals surface area contributed by atoms with E-state index >= 15 is 0 Å². The van der Waals surface area contributed by atoms with Gasteiger partial charge in [0.05, 0.1) is 13.2 Å². The standard InChI is InChI=1S/C15H20N4O3/c20-14(13-10-22-8-6-16-13)18-11-3-1-4-12(9-11)19-7-2-5-17-15(19)21/h1,3-4,9,13,16H,2,5-8,10H2,(H,17,21)(H,18,20). The van der Waals surface area contributed by atoms with Crippen LogP contribution in [0.5, 0.6) is 0 Å². The van der Waals surface area contributed by atoms with E-state index in [2.05, 4.69) is 16.0 Å². The highest BCUT2D eigenvalue weighted by atomic mass is 16.5. The Morgan fingerprint density at radius 2 is 2.27 bits per heavy atom. The third-order valence-corrected chi connectivity index (χ3v) is 3.74. The number of ether oxygens (including phenoxy) is 1. The number of carbonyl (C=O) groups is 2. The Hall–Kier alpha value is -2.12. The third kappa shape index (κ3) is 3.37. The van der Waals surface area contributed by atoms with Gasteiger partial charge in [-0.1, -0.05) is 6.07 Å². The minimum atomic E-state index is -0.337. The maximum atomic E-state index is 12.2. The number of morpholine rings is 1. The summed E-state index contributed by atoms with van der Waals surface area (Å²) in [4.78, 5) is 25.7. The summed E-state index contributed by atoms with van der Waals surface area (Å²) >= 11 is 0. The molecular formula is C15H20N4O3. The molecule has 1 unspecified atom stereocenters. The van der Waals surface area contributed by atoms with Gasteiger partial charge in [-0.2, -0.15) is 0 Å². The zero-order valence-corrected chi connectivity index (χ0v) is 12.3. The van der Waals surface area contributed by atoms with Crippen molar-refractivity contribution in [1.29, 1.82) is 0 Å². The predicted octanol–water partition coefficient (Wildman–Crippen LogP) is 0.533. The molecule has 0 radical (unpaired) electrons. The lowest BCUT2D eigenvalue weighted by Gasteiger charge is -2.28. The molecular weight excluding hydrogens is 284 g/mol. The van der Waals surface area contributed by atoms with Crippen LogP contribution >= 0.6 is 0 Å². The average Bonchev–Trinajstić information content (AvgIpc) is 2.56. The molecule has 22 heavy (non-hydrogen) atoms. The maximum absolute atomic E-state index is 12.2. The third-order valence-electron chi connectivity index (χ3n) is 3.74. The molecule has 2 aliphatic rings. The normalized spacial score (nSPS) is 22.1. The fourth-order valence-electron chi connectivity index (χ4n) is 2.59. The van der Waals surface area contributed by atoms with Gasteiger partial charge in [0, 0.05) is 31.0 Å². The van der Waals surface area contributed by atoms with Gasteiger partial charge >= 0.3 is 6.03 Å². The predicted molar refractivity (Wildman–Crippen MR) is 83.0 cm³/mol. The molecule has 3 rings (SSSR count). The van der Waals surface area contributed by atoms with Crippen LogP contribution in [0.1, 0.15) is 6.42 Å². The Balaban J connectivity index is 1.68. The minimum absolute atomic E-state index is 0.0999. The first-order valence-corrected chi connectivity index (χ1v) is 7.51. The van der Waals surface area contributed by atoms with Crippen molar-refractivity contribution in [2.75, 3.05) is 43.1 Å². The summed E-state index contributed by atoms with van der Waals surface area (Å²) in [6.45, 7) is 3.07. The van der Waals surface area contributed by atoms with Crippen LogP contribution in [0.15, 0.2) is 24.3 Å². The molecule has 2 aliphatic heterocycles. The van der Waals surface area contributed by atoms with Crippen LogP contribution in [0.3, 0.4) is 0 Å². The second-order valence-electron chi connectivity index (χ2n) is 5.36. The molecule has 0 aromatic heterocycles. The number of benzene rings is 1. The molecule has 3 N–H and O–H groups in total. The lowest BCUT2D eigenvalue weighted by molar-refractivity contribution is -0.120. The highest BCUT2D eigenvalue weighted by Gasteiger charge is 2.22. The second kappa shape index (κ2) is 6.76. The number of hydrogen-bond donors (Lipinski definition) is 3. The Morgan fingerprint density at radius 1 is 1.36 bits per heavy atom. The molecule has 2 fully saturated rings. The fraction of sp³-hybridized carbons (Fsp3) is 0.467. The van der Waals surface area contributed by atoms with Crippen molar-refractivity contribution in [3.05, 3.63) is 24.3 Å². The molecule has 1 aromatic rings. The molecule has 0 aliphatic carbocycles. The van der Waals surface area contributed by atoms with E-state index in [1.807, 2.05) is 24.3 Å². The first kappa shape index (κ1) is 14.8.